The molecule has 1 aromatic heterocycles. The first-order chi connectivity index (χ1) is 11.8. The van der Waals surface area contributed by atoms with Crippen molar-refractivity contribution in [3.8, 4) is 5.75 Å². The number of carbonyl (C=O) groups is 2. The molecule has 0 aliphatic carbocycles. The maximum atomic E-state index is 13.9. The number of piperidine rings is 1. The van der Waals surface area contributed by atoms with Crippen LogP contribution in [-0.4, -0.2) is 51.7 Å². The van der Waals surface area contributed by atoms with Gasteiger partial charge in [-0.15, -0.1) is 0 Å². The molecule has 134 valence electrons. The molecular weight excluding hydrogens is 327 g/mol. The molecule has 1 aromatic carbocycles. The number of likely N-dealkylation sites (tertiary alicyclic amines) is 1. The summed E-state index contributed by atoms with van der Waals surface area (Å²) in [4.78, 5) is 26.4. The number of aromatic nitrogens is 1. The van der Waals surface area contributed by atoms with E-state index in [-0.39, 0.29) is 18.2 Å². The van der Waals surface area contributed by atoms with Crippen LogP contribution < -0.4 is 0 Å². The number of nitrogens with zero attached hydrogens (tertiary/aromatic N) is 2. The number of aliphatic carboxylic acids is 1. The van der Waals surface area contributed by atoms with Crippen molar-refractivity contribution >= 4 is 22.8 Å². The lowest BCUT2D eigenvalue weighted by molar-refractivity contribution is -0.136. The van der Waals surface area contributed by atoms with Gasteiger partial charge in [-0.3, -0.25) is 14.2 Å². The van der Waals surface area contributed by atoms with Crippen molar-refractivity contribution in [1.29, 1.82) is 0 Å². The number of hydrogen-bond donors (Lipinski definition) is 2. The molecule has 0 radical (unpaired) electrons. The van der Waals surface area contributed by atoms with Gasteiger partial charge in [0.15, 0.2) is 11.6 Å². The summed E-state index contributed by atoms with van der Waals surface area (Å²) in [7, 11) is 2.00. The van der Waals surface area contributed by atoms with Crippen LogP contribution in [0.25, 0.3) is 10.9 Å². The average molecular weight is 348 g/mol. The lowest BCUT2D eigenvalue weighted by atomic mass is 9.96. The summed E-state index contributed by atoms with van der Waals surface area (Å²) in [5.41, 5.74) is 1.23. The van der Waals surface area contributed by atoms with E-state index in [1.807, 2.05) is 7.05 Å². The number of rotatable bonds is 3. The minimum absolute atomic E-state index is 0.141. The molecule has 2 N–H and O–H groups in total. The van der Waals surface area contributed by atoms with Crippen molar-refractivity contribution in [2.75, 3.05) is 20.1 Å². The Balaban J connectivity index is 2.13. The molecule has 1 aliphatic heterocycles. The van der Waals surface area contributed by atoms with Crippen molar-refractivity contribution in [2.45, 2.75) is 26.2 Å². The summed E-state index contributed by atoms with van der Waals surface area (Å²) >= 11 is 0. The third-order valence-electron chi connectivity index (χ3n) is 5.02. The molecule has 25 heavy (non-hydrogen) atoms. The van der Waals surface area contributed by atoms with Crippen LogP contribution in [0.15, 0.2) is 12.1 Å². The number of phenolic OH excluding ortho intramolecular Hbond substituents is 1. The molecule has 1 fully saturated rings. The fourth-order valence-corrected chi connectivity index (χ4v) is 3.59. The van der Waals surface area contributed by atoms with Gasteiger partial charge in [0, 0.05) is 23.1 Å². The van der Waals surface area contributed by atoms with Crippen LogP contribution in [0.1, 0.15) is 28.9 Å². The largest absolute Gasteiger partial charge is 0.505 e. The fraction of sp³-hybridized carbons (Fsp3) is 0.444. The Morgan fingerprint density at radius 2 is 1.92 bits per heavy atom. The van der Waals surface area contributed by atoms with Crippen LogP contribution in [0.3, 0.4) is 0 Å². The predicted molar refractivity (Wildman–Crippen MR) is 90.5 cm³/mol. The van der Waals surface area contributed by atoms with Crippen molar-refractivity contribution in [2.24, 2.45) is 5.92 Å². The third-order valence-corrected chi connectivity index (χ3v) is 5.02. The van der Waals surface area contributed by atoms with E-state index in [0.29, 0.717) is 35.0 Å². The van der Waals surface area contributed by atoms with Crippen molar-refractivity contribution in [1.82, 2.24) is 9.47 Å². The number of halogens is 1. The molecule has 2 aromatic rings. The highest BCUT2D eigenvalue weighted by atomic mass is 19.1. The summed E-state index contributed by atoms with van der Waals surface area (Å²) in [6, 6.07) is 2.31. The van der Waals surface area contributed by atoms with Gasteiger partial charge in [-0.2, -0.15) is 0 Å². The number of fused-ring (bicyclic) bond motifs is 1. The number of carbonyl (C=O) groups excluding carboxylic acids is 1. The molecule has 1 aliphatic rings. The topological polar surface area (TPSA) is 82.8 Å². The minimum atomic E-state index is -1.04. The van der Waals surface area contributed by atoms with Crippen LogP contribution in [0.2, 0.25) is 0 Å². The molecule has 0 spiro atoms. The van der Waals surface area contributed by atoms with Crippen LogP contribution in [0.5, 0.6) is 5.75 Å². The number of aromatic hydroxyl groups is 1. The number of carboxylic acid groups (broad SMARTS) is 1. The van der Waals surface area contributed by atoms with Gasteiger partial charge in [0.2, 0.25) is 5.91 Å². The second-order valence-corrected chi connectivity index (χ2v) is 6.71. The molecule has 7 heteroatoms. The van der Waals surface area contributed by atoms with E-state index in [4.69, 9.17) is 5.11 Å². The minimum Gasteiger partial charge on any atom is -0.505 e. The second-order valence-electron chi connectivity index (χ2n) is 6.71. The summed E-state index contributed by atoms with van der Waals surface area (Å²) in [6.45, 7) is 3.29. The van der Waals surface area contributed by atoms with Gasteiger partial charge >= 0.3 is 5.97 Å². The Morgan fingerprint density at radius 1 is 1.28 bits per heavy atom. The van der Waals surface area contributed by atoms with Gasteiger partial charge in [0.1, 0.15) is 0 Å². The van der Waals surface area contributed by atoms with Gasteiger partial charge in [0.25, 0.3) is 0 Å². The molecule has 6 nitrogen and oxygen atoms in total. The summed E-state index contributed by atoms with van der Waals surface area (Å²) in [5.74, 6) is -2.75. The first-order valence-corrected chi connectivity index (χ1v) is 8.26. The van der Waals surface area contributed by atoms with Gasteiger partial charge in [-0.1, -0.05) is 0 Å². The normalized spacial score (nSPS) is 16.4. The molecule has 0 atom stereocenters. The quantitative estimate of drug-likeness (QED) is 0.890. The Kier molecular flexibility index (Phi) is 4.51. The average Bonchev–Trinajstić information content (AvgIpc) is 2.80. The monoisotopic (exact) mass is 348 g/mol. The van der Waals surface area contributed by atoms with E-state index in [0.717, 1.165) is 19.2 Å². The number of phenols is 1. The maximum Gasteiger partial charge on any atom is 0.307 e. The molecule has 1 saturated heterocycles. The van der Waals surface area contributed by atoms with Crippen LogP contribution >= 0.6 is 0 Å². The van der Waals surface area contributed by atoms with Crippen LogP contribution in [0, 0.1) is 18.7 Å². The zero-order valence-electron chi connectivity index (χ0n) is 14.3. The number of carboxylic acids is 1. The van der Waals surface area contributed by atoms with Gasteiger partial charge in [-0.25, -0.2) is 4.39 Å². The van der Waals surface area contributed by atoms with Gasteiger partial charge in [-0.05, 0) is 51.5 Å². The van der Waals surface area contributed by atoms with Crippen molar-refractivity contribution < 1.29 is 24.2 Å². The van der Waals surface area contributed by atoms with Gasteiger partial charge < -0.3 is 15.1 Å². The second kappa shape index (κ2) is 6.48. The maximum absolute atomic E-state index is 13.9. The SMILES string of the molecule is Cc1c(CC(=O)O)c2cc(O)c(F)cc2n1C(=O)C1CCN(C)CC1. The zero-order valence-corrected chi connectivity index (χ0v) is 14.3. The van der Waals surface area contributed by atoms with Crippen molar-refractivity contribution in [3.05, 3.63) is 29.2 Å². The first kappa shape index (κ1) is 17.4. The molecular formula is C18H21FN2O4. The zero-order chi connectivity index (χ0) is 18.3. The lowest BCUT2D eigenvalue weighted by Gasteiger charge is -2.28. The van der Waals surface area contributed by atoms with E-state index in [9.17, 15) is 19.1 Å². The number of hydrogen-bond acceptors (Lipinski definition) is 4. The first-order valence-electron chi connectivity index (χ1n) is 8.26. The highest BCUT2D eigenvalue weighted by Crippen LogP contribution is 2.33. The predicted octanol–water partition coefficient (Wildman–Crippen LogP) is 2.40. The van der Waals surface area contributed by atoms with E-state index in [2.05, 4.69) is 4.90 Å². The van der Waals surface area contributed by atoms with E-state index < -0.39 is 17.5 Å². The van der Waals surface area contributed by atoms with Crippen molar-refractivity contribution in [3.63, 3.8) is 0 Å². The van der Waals surface area contributed by atoms with E-state index in [1.165, 1.54) is 10.6 Å². The molecule has 0 unspecified atom stereocenters. The highest BCUT2D eigenvalue weighted by Gasteiger charge is 2.29. The Morgan fingerprint density at radius 3 is 2.52 bits per heavy atom. The smallest absolute Gasteiger partial charge is 0.307 e. The van der Waals surface area contributed by atoms with Gasteiger partial charge in [0.05, 0.1) is 11.9 Å². The standard InChI is InChI=1S/C18H21FN2O4/c1-10-12(8-17(23)24)13-7-16(22)14(19)9-15(13)21(10)18(25)11-3-5-20(2)6-4-11/h7,9,11,22H,3-6,8H2,1-2H3,(H,23,24). The summed E-state index contributed by atoms with van der Waals surface area (Å²) < 4.78 is 15.3. The Labute approximate surface area is 144 Å². The highest BCUT2D eigenvalue weighted by molar-refractivity contribution is 5.98. The number of benzene rings is 1. The summed E-state index contributed by atoms with van der Waals surface area (Å²) in [6.07, 6.45) is 1.13. The molecule has 0 amide bonds. The third kappa shape index (κ3) is 3.11. The Bertz CT molecular complexity index is 851. The molecule has 3 rings (SSSR count). The summed E-state index contributed by atoms with van der Waals surface area (Å²) in [5, 5.41) is 19.2. The lowest BCUT2D eigenvalue weighted by Crippen LogP contribution is -2.35. The fourth-order valence-electron chi connectivity index (χ4n) is 3.59. The van der Waals surface area contributed by atoms with Crippen LogP contribution in [0.4, 0.5) is 4.39 Å². The molecule has 2 heterocycles. The molecule has 0 bridgehead atoms. The van der Waals surface area contributed by atoms with Crippen LogP contribution in [-0.2, 0) is 11.2 Å². The Hall–Kier alpha value is -2.41. The molecule has 0 saturated carbocycles. The van der Waals surface area contributed by atoms with E-state index in [1.54, 1.807) is 6.92 Å². The van der Waals surface area contributed by atoms with E-state index >= 15 is 0 Å².